The van der Waals surface area contributed by atoms with Crippen molar-refractivity contribution in [2.45, 2.75) is 12.4 Å². The van der Waals surface area contributed by atoms with E-state index in [1.54, 1.807) is 0 Å². The number of hydrogen-bond donors (Lipinski definition) is 0. The first kappa shape index (κ1) is 16.1. The molecule has 0 amide bonds. The molecular formula is C12H7F7N2O. The van der Waals surface area contributed by atoms with Crippen LogP contribution in [0.3, 0.4) is 0 Å². The third kappa shape index (κ3) is 2.85. The molecule has 1 aromatic heterocycles. The van der Waals surface area contributed by atoms with E-state index in [0.29, 0.717) is 12.1 Å². The molecule has 2 rings (SSSR count). The van der Waals surface area contributed by atoms with E-state index in [2.05, 4.69) is 9.84 Å². The van der Waals surface area contributed by atoms with Crippen molar-refractivity contribution in [2.75, 3.05) is 7.11 Å². The van der Waals surface area contributed by atoms with Crippen LogP contribution < -0.4 is 4.74 Å². The zero-order valence-corrected chi connectivity index (χ0v) is 10.8. The fraction of sp³-hybridized carbons (Fsp3) is 0.250. The first-order valence-electron chi connectivity index (χ1n) is 5.63. The van der Waals surface area contributed by atoms with Crippen molar-refractivity contribution in [3.05, 3.63) is 41.3 Å². The average molecular weight is 328 g/mol. The Bertz CT molecular complexity index is 671. The van der Waals surface area contributed by atoms with Crippen LogP contribution in [0, 0.1) is 5.95 Å². The number of hydrogen-bond acceptors (Lipinski definition) is 2. The molecule has 0 saturated carbocycles. The number of ether oxygens (including phenoxy) is 1. The van der Waals surface area contributed by atoms with Gasteiger partial charge in [0.1, 0.15) is 0 Å². The molecule has 1 aromatic carbocycles. The minimum atomic E-state index is -5.06. The zero-order valence-electron chi connectivity index (χ0n) is 10.8. The molecule has 0 radical (unpaired) electrons. The van der Waals surface area contributed by atoms with Crippen molar-refractivity contribution in [2.24, 2.45) is 0 Å². The van der Waals surface area contributed by atoms with Crippen LogP contribution in [-0.2, 0) is 12.4 Å². The second-order valence-electron chi connectivity index (χ2n) is 4.13. The van der Waals surface area contributed by atoms with Crippen LogP contribution in [-0.4, -0.2) is 16.9 Å². The number of nitrogens with zero attached hydrogens (tertiary/aromatic N) is 2. The molecule has 0 aliphatic carbocycles. The van der Waals surface area contributed by atoms with Gasteiger partial charge in [-0.1, -0.05) is 0 Å². The van der Waals surface area contributed by atoms with Gasteiger partial charge in [-0.25, -0.2) is 4.68 Å². The molecule has 0 bridgehead atoms. The Morgan fingerprint density at radius 1 is 0.955 bits per heavy atom. The lowest BCUT2D eigenvalue weighted by Gasteiger charge is -2.08. The number of rotatable bonds is 2. The van der Waals surface area contributed by atoms with Crippen molar-refractivity contribution < 1.29 is 35.5 Å². The minimum Gasteiger partial charge on any atom is -0.479 e. The maximum absolute atomic E-state index is 13.9. The van der Waals surface area contributed by atoms with Gasteiger partial charge in [0.2, 0.25) is 11.8 Å². The number of benzene rings is 1. The lowest BCUT2D eigenvalue weighted by atomic mass is 10.2. The minimum absolute atomic E-state index is 0.224. The van der Waals surface area contributed by atoms with E-state index in [1.165, 1.54) is 0 Å². The van der Waals surface area contributed by atoms with Crippen molar-refractivity contribution >= 4 is 0 Å². The fourth-order valence-corrected chi connectivity index (χ4v) is 1.72. The third-order valence-corrected chi connectivity index (χ3v) is 2.71. The highest BCUT2D eigenvalue weighted by Gasteiger charge is 2.42. The molecule has 0 atom stereocenters. The second kappa shape index (κ2) is 5.18. The Hall–Kier alpha value is -2.26. The van der Waals surface area contributed by atoms with E-state index < -0.39 is 35.3 Å². The Morgan fingerprint density at radius 3 is 1.86 bits per heavy atom. The first-order chi connectivity index (χ1) is 10.1. The van der Waals surface area contributed by atoms with Crippen molar-refractivity contribution in [1.29, 1.82) is 0 Å². The van der Waals surface area contributed by atoms with Gasteiger partial charge in [0.15, 0.2) is 5.56 Å². The number of halogens is 7. The molecule has 0 unspecified atom stereocenters. The monoisotopic (exact) mass is 328 g/mol. The van der Waals surface area contributed by atoms with Gasteiger partial charge in [0.25, 0.3) is 0 Å². The summed E-state index contributed by atoms with van der Waals surface area (Å²) in [5, 5.41) is 3.27. The van der Waals surface area contributed by atoms with Crippen LogP contribution in [0.2, 0.25) is 0 Å². The summed E-state index contributed by atoms with van der Waals surface area (Å²) < 4.78 is 93.9. The maximum atomic E-state index is 13.9. The van der Waals surface area contributed by atoms with Gasteiger partial charge in [0, 0.05) is 0 Å². The van der Waals surface area contributed by atoms with E-state index in [1.807, 2.05) is 0 Å². The summed E-state index contributed by atoms with van der Waals surface area (Å²) in [5.74, 6) is -2.78. The van der Waals surface area contributed by atoms with Gasteiger partial charge >= 0.3 is 12.4 Å². The Labute approximate surface area is 118 Å². The van der Waals surface area contributed by atoms with E-state index in [9.17, 15) is 30.7 Å². The lowest BCUT2D eigenvalue weighted by molar-refractivity contribution is -0.141. The quantitative estimate of drug-likeness (QED) is 0.778. The molecule has 22 heavy (non-hydrogen) atoms. The molecule has 120 valence electrons. The Morgan fingerprint density at radius 2 is 1.50 bits per heavy atom. The summed E-state index contributed by atoms with van der Waals surface area (Å²) in [6.45, 7) is 0. The summed E-state index contributed by atoms with van der Waals surface area (Å²) in [5.41, 5.74) is -3.05. The Kier molecular flexibility index (Phi) is 3.80. The number of alkyl halides is 6. The van der Waals surface area contributed by atoms with E-state index in [0.717, 1.165) is 19.2 Å². The van der Waals surface area contributed by atoms with Crippen molar-refractivity contribution in [1.82, 2.24) is 9.78 Å². The van der Waals surface area contributed by atoms with Crippen LogP contribution >= 0.6 is 0 Å². The standard InChI is InChI=1S/C12H7F7N2O/c1-22-10-8(12(17,18)19)9(13)21(20-10)7-4-2-6(3-5-7)11(14,15)16/h2-5H,1H3. The third-order valence-electron chi connectivity index (χ3n) is 2.71. The molecule has 0 N–H and O–H groups in total. The molecular weight excluding hydrogens is 321 g/mol. The van der Waals surface area contributed by atoms with Gasteiger partial charge in [-0.3, -0.25) is 0 Å². The average Bonchev–Trinajstić information content (AvgIpc) is 2.74. The summed E-state index contributed by atoms with van der Waals surface area (Å²) in [7, 11) is 0.869. The predicted molar refractivity (Wildman–Crippen MR) is 60.1 cm³/mol. The summed E-state index contributed by atoms with van der Waals surface area (Å²) in [4.78, 5) is 0. The molecule has 3 nitrogen and oxygen atoms in total. The molecule has 0 spiro atoms. The topological polar surface area (TPSA) is 27.1 Å². The number of aromatic nitrogens is 2. The molecule has 0 fully saturated rings. The smallest absolute Gasteiger partial charge is 0.426 e. The van der Waals surface area contributed by atoms with Crippen LogP contribution in [0.15, 0.2) is 24.3 Å². The molecule has 10 heteroatoms. The summed E-state index contributed by atoms with van der Waals surface area (Å²) >= 11 is 0. The van der Waals surface area contributed by atoms with Crippen LogP contribution in [0.4, 0.5) is 30.7 Å². The van der Waals surface area contributed by atoms with Crippen molar-refractivity contribution in [3.63, 3.8) is 0 Å². The highest BCUT2D eigenvalue weighted by Crippen LogP contribution is 2.38. The number of methoxy groups -OCH3 is 1. The molecule has 0 aliphatic heterocycles. The summed E-state index contributed by atoms with van der Waals surface area (Å²) in [6, 6.07) is 2.82. The molecule has 1 heterocycles. The highest BCUT2D eigenvalue weighted by molar-refractivity contribution is 5.39. The van der Waals surface area contributed by atoms with Gasteiger partial charge < -0.3 is 4.74 Å². The largest absolute Gasteiger partial charge is 0.479 e. The molecule has 0 aliphatic rings. The zero-order chi connectivity index (χ0) is 16.7. The second-order valence-corrected chi connectivity index (χ2v) is 4.13. The van der Waals surface area contributed by atoms with Gasteiger partial charge in [0.05, 0.1) is 18.4 Å². The predicted octanol–water partition coefficient (Wildman–Crippen LogP) is 4.06. The van der Waals surface area contributed by atoms with E-state index in [-0.39, 0.29) is 10.4 Å². The van der Waals surface area contributed by atoms with Gasteiger partial charge in [-0.05, 0) is 24.3 Å². The van der Waals surface area contributed by atoms with Crippen LogP contribution in [0.1, 0.15) is 11.1 Å². The fourth-order valence-electron chi connectivity index (χ4n) is 1.72. The molecule has 2 aromatic rings. The van der Waals surface area contributed by atoms with Gasteiger partial charge in [-0.2, -0.15) is 30.7 Å². The highest BCUT2D eigenvalue weighted by atomic mass is 19.4. The molecule has 0 saturated heterocycles. The van der Waals surface area contributed by atoms with E-state index in [4.69, 9.17) is 0 Å². The van der Waals surface area contributed by atoms with Crippen LogP contribution in [0.5, 0.6) is 5.88 Å². The maximum Gasteiger partial charge on any atom is 0.426 e. The SMILES string of the molecule is COc1nn(-c2ccc(C(F)(F)F)cc2)c(F)c1C(F)(F)F. The van der Waals surface area contributed by atoms with E-state index >= 15 is 0 Å². The first-order valence-corrected chi connectivity index (χ1v) is 5.63. The van der Waals surface area contributed by atoms with Crippen molar-refractivity contribution in [3.8, 4) is 11.6 Å². The summed E-state index contributed by atoms with van der Waals surface area (Å²) in [6.07, 6.45) is -9.67. The lowest BCUT2D eigenvalue weighted by Crippen LogP contribution is -2.10. The van der Waals surface area contributed by atoms with Gasteiger partial charge in [-0.15, -0.1) is 5.10 Å². The van der Waals surface area contributed by atoms with Crippen LogP contribution in [0.25, 0.3) is 5.69 Å². The Balaban J connectivity index is 2.52. The normalized spacial score (nSPS) is 12.5.